The van der Waals surface area contributed by atoms with Crippen LogP contribution in [0.4, 0.5) is 0 Å². The number of thiophene rings is 1. The molecular weight excluding hydrogens is 594 g/mol. The summed E-state index contributed by atoms with van der Waals surface area (Å²) in [5.41, 5.74) is 1.38. The third-order valence-corrected chi connectivity index (χ3v) is 10.8. The Bertz CT molecular complexity index is 1650. The van der Waals surface area contributed by atoms with Gasteiger partial charge in [0.15, 0.2) is 5.60 Å². The number of carbonyl (C=O) groups is 1. The predicted molar refractivity (Wildman–Crippen MR) is 168 cm³/mol. The van der Waals surface area contributed by atoms with E-state index in [1.807, 2.05) is 56.3 Å². The summed E-state index contributed by atoms with van der Waals surface area (Å²) in [6, 6.07) is 20.5. The number of hydrogen-bond acceptors (Lipinski definition) is 7. The number of fused-ring (bicyclic) bond motifs is 1. The lowest BCUT2D eigenvalue weighted by Gasteiger charge is -2.25. The van der Waals surface area contributed by atoms with E-state index in [0.29, 0.717) is 39.3 Å². The van der Waals surface area contributed by atoms with Gasteiger partial charge in [-0.25, -0.2) is 13.2 Å². The van der Waals surface area contributed by atoms with Crippen LogP contribution in [0.5, 0.6) is 11.5 Å². The zero-order valence-corrected chi connectivity index (χ0v) is 26.9. The van der Waals surface area contributed by atoms with Crippen LogP contribution in [-0.4, -0.2) is 50.6 Å². The minimum atomic E-state index is -3.81. The fourth-order valence-corrected chi connectivity index (χ4v) is 7.98. The molecule has 0 fully saturated rings. The Morgan fingerprint density at radius 1 is 1.00 bits per heavy atom. The molecule has 0 amide bonds. The summed E-state index contributed by atoms with van der Waals surface area (Å²) in [5.74, 6) is 0.660. The molecule has 1 heterocycles. The van der Waals surface area contributed by atoms with E-state index in [-0.39, 0.29) is 19.8 Å². The number of rotatable bonds is 13. The summed E-state index contributed by atoms with van der Waals surface area (Å²) in [6.45, 7) is 9.64. The van der Waals surface area contributed by atoms with Gasteiger partial charge in [-0.15, -0.1) is 11.3 Å². The number of aryl methyl sites for hydroxylation is 2. The Labute approximate surface area is 257 Å². The number of halogens is 1. The maximum Gasteiger partial charge on any atom is 0.349 e. The van der Waals surface area contributed by atoms with Crippen molar-refractivity contribution < 1.29 is 27.4 Å². The van der Waals surface area contributed by atoms with Crippen LogP contribution < -0.4 is 9.47 Å². The molecule has 0 saturated heterocycles. The molecule has 0 N–H and O–H groups in total. The van der Waals surface area contributed by atoms with Crippen LogP contribution in [0, 0.1) is 13.8 Å². The van der Waals surface area contributed by atoms with Crippen LogP contribution >= 0.6 is 22.9 Å². The molecule has 10 heteroatoms. The van der Waals surface area contributed by atoms with Crippen molar-refractivity contribution in [2.24, 2.45) is 0 Å². The van der Waals surface area contributed by atoms with Crippen LogP contribution in [0.15, 0.2) is 70.9 Å². The van der Waals surface area contributed by atoms with Gasteiger partial charge in [-0.2, -0.15) is 4.31 Å². The Hall–Kier alpha value is -3.11. The van der Waals surface area contributed by atoms with E-state index in [2.05, 4.69) is 0 Å². The van der Waals surface area contributed by atoms with Gasteiger partial charge in [0, 0.05) is 22.8 Å². The van der Waals surface area contributed by atoms with Gasteiger partial charge in [-0.05, 0) is 99.5 Å². The average Bonchev–Trinajstić information content (AvgIpc) is 3.28. The van der Waals surface area contributed by atoms with Gasteiger partial charge in [0.2, 0.25) is 0 Å². The molecular formula is C32H36ClNO6S2. The van der Waals surface area contributed by atoms with E-state index in [4.69, 9.17) is 25.8 Å². The van der Waals surface area contributed by atoms with E-state index in [1.165, 1.54) is 15.6 Å². The molecule has 0 aliphatic carbocycles. The largest absolute Gasteiger partial charge is 0.492 e. The molecule has 4 rings (SSSR count). The van der Waals surface area contributed by atoms with Gasteiger partial charge in [0.25, 0.3) is 10.0 Å². The second kappa shape index (κ2) is 13.5. The van der Waals surface area contributed by atoms with Crippen LogP contribution in [0.2, 0.25) is 5.02 Å². The standard InChI is InChI=1S/C32H36ClNO6S2/c1-6-38-31(35)32(4,5)40-28-14-13-26(20-22(28)2)39-19-18-34(17-16-24-10-8-7-9-11-24)42(36,37)30-23(3)27-21-25(33)12-15-29(27)41-30/h7-15,20-21H,6,16-19H2,1-5H3. The molecule has 0 saturated carbocycles. The number of sulfonamides is 1. The monoisotopic (exact) mass is 629 g/mol. The van der Waals surface area contributed by atoms with Gasteiger partial charge in [0.05, 0.1) is 6.61 Å². The van der Waals surface area contributed by atoms with Crippen LogP contribution in [0.1, 0.15) is 37.5 Å². The van der Waals surface area contributed by atoms with E-state index in [1.54, 1.807) is 45.0 Å². The first-order chi connectivity index (χ1) is 19.9. The molecule has 42 heavy (non-hydrogen) atoms. The Morgan fingerprint density at radius 2 is 1.74 bits per heavy atom. The first-order valence-corrected chi connectivity index (χ1v) is 16.4. The molecule has 224 valence electrons. The highest BCUT2D eigenvalue weighted by Gasteiger charge is 2.32. The van der Waals surface area contributed by atoms with E-state index >= 15 is 0 Å². The molecule has 4 aromatic rings. The van der Waals surface area contributed by atoms with Crippen LogP contribution in [0.3, 0.4) is 0 Å². The molecule has 0 unspecified atom stereocenters. The highest BCUT2D eigenvalue weighted by Crippen LogP contribution is 2.37. The Kier molecular flexibility index (Phi) is 10.2. The van der Waals surface area contributed by atoms with Crippen molar-refractivity contribution in [1.82, 2.24) is 4.31 Å². The smallest absolute Gasteiger partial charge is 0.349 e. The molecule has 0 bridgehead atoms. The van der Waals surface area contributed by atoms with Crippen molar-refractivity contribution in [3.05, 3.63) is 88.4 Å². The number of nitrogens with zero attached hydrogens (tertiary/aromatic N) is 1. The molecule has 7 nitrogen and oxygen atoms in total. The van der Waals surface area contributed by atoms with Crippen molar-refractivity contribution in [3.63, 3.8) is 0 Å². The molecule has 0 aliphatic heterocycles. The van der Waals surface area contributed by atoms with Crippen LogP contribution in [0.25, 0.3) is 10.1 Å². The lowest BCUT2D eigenvalue weighted by Crippen LogP contribution is -2.39. The van der Waals surface area contributed by atoms with Crippen LogP contribution in [-0.2, 0) is 26.0 Å². The van der Waals surface area contributed by atoms with Gasteiger partial charge in [-0.3, -0.25) is 0 Å². The van der Waals surface area contributed by atoms with E-state index in [9.17, 15) is 13.2 Å². The third kappa shape index (κ3) is 7.45. The lowest BCUT2D eigenvalue weighted by molar-refractivity contribution is -0.158. The highest BCUT2D eigenvalue weighted by atomic mass is 35.5. The van der Waals surface area contributed by atoms with Gasteiger partial charge in [0.1, 0.15) is 22.3 Å². The fourth-order valence-electron chi connectivity index (χ4n) is 4.50. The van der Waals surface area contributed by atoms with Crippen molar-refractivity contribution in [3.8, 4) is 11.5 Å². The number of carbonyl (C=O) groups excluding carboxylic acids is 1. The van der Waals surface area contributed by atoms with Gasteiger partial charge < -0.3 is 14.2 Å². The Balaban J connectivity index is 1.51. The molecule has 1 aromatic heterocycles. The summed E-state index contributed by atoms with van der Waals surface area (Å²) < 4.78 is 47.7. The second-order valence-electron chi connectivity index (χ2n) is 10.4. The molecule has 0 atom stereocenters. The van der Waals surface area contributed by atoms with Crippen molar-refractivity contribution in [2.75, 3.05) is 26.3 Å². The number of hydrogen-bond donors (Lipinski definition) is 0. The first kappa shape index (κ1) is 31.8. The quantitative estimate of drug-likeness (QED) is 0.145. The first-order valence-electron chi connectivity index (χ1n) is 13.7. The molecule has 0 radical (unpaired) electrons. The zero-order valence-electron chi connectivity index (χ0n) is 24.5. The second-order valence-corrected chi connectivity index (χ2v) is 14.0. The van der Waals surface area contributed by atoms with Gasteiger partial charge in [-0.1, -0.05) is 41.9 Å². The summed E-state index contributed by atoms with van der Waals surface area (Å²) >= 11 is 7.46. The van der Waals surface area contributed by atoms with Gasteiger partial charge >= 0.3 is 5.97 Å². The fraction of sp³-hybridized carbons (Fsp3) is 0.344. The molecule has 3 aromatic carbocycles. The minimum Gasteiger partial charge on any atom is -0.492 e. The number of esters is 1. The Morgan fingerprint density at radius 3 is 2.43 bits per heavy atom. The number of benzene rings is 3. The topological polar surface area (TPSA) is 82.1 Å². The number of ether oxygens (including phenoxy) is 3. The highest BCUT2D eigenvalue weighted by molar-refractivity contribution is 7.91. The van der Waals surface area contributed by atoms with Crippen molar-refractivity contribution in [2.45, 2.75) is 50.8 Å². The SMILES string of the molecule is CCOC(=O)C(C)(C)Oc1ccc(OCCN(CCc2ccccc2)S(=O)(=O)c2sc3ccc(Cl)cc3c2C)cc1C. The summed E-state index contributed by atoms with van der Waals surface area (Å²) in [6.07, 6.45) is 0.567. The van der Waals surface area contributed by atoms with Crippen molar-refractivity contribution in [1.29, 1.82) is 0 Å². The summed E-state index contributed by atoms with van der Waals surface area (Å²) in [7, 11) is -3.81. The average molecular weight is 630 g/mol. The maximum absolute atomic E-state index is 14.0. The van der Waals surface area contributed by atoms with E-state index in [0.717, 1.165) is 21.2 Å². The molecule has 0 spiro atoms. The normalized spacial score (nSPS) is 12.1. The molecule has 0 aliphatic rings. The minimum absolute atomic E-state index is 0.151. The lowest BCUT2D eigenvalue weighted by atomic mass is 10.1. The summed E-state index contributed by atoms with van der Waals surface area (Å²) in [4.78, 5) is 12.2. The summed E-state index contributed by atoms with van der Waals surface area (Å²) in [5, 5.41) is 1.41. The maximum atomic E-state index is 14.0. The van der Waals surface area contributed by atoms with Crippen molar-refractivity contribution >= 4 is 49.0 Å². The zero-order chi connectivity index (χ0) is 30.5. The third-order valence-electron chi connectivity index (χ3n) is 6.81. The van der Waals surface area contributed by atoms with E-state index < -0.39 is 21.6 Å². The predicted octanol–water partition coefficient (Wildman–Crippen LogP) is 7.20.